The number of aromatic nitrogens is 3. The molecule has 0 radical (unpaired) electrons. The Morgan fingerprint density at radius 3 is 2.44 bits per heavy atom. The van der Waals surface area contributed by atoms with Crippen LogP contribution in [0, 0.1) is 12.8 Å². The molecule has 1 fully saturated rings. The molecule has 1 heterocycles. The first-order valence-electron chi connectivity index (χ1n) is 10.7. The van der Waals surface area contributed by atoms with Gasteiger partial charge in [-0.15, -0.1) is 5.10 Å². The van der Waals surface area contributed by atoms with E-state index in [1.165, 1.54) is 5.56 Å². The highest BCUT2D eigenvalue weighted by atomic mass is 16.5. The minimum Gasteiger partial charge on any atom is -0.466 e. The highest BCUT2D eigenvalue weighted by molar-refractivity contribution is 5.95. The van der Waals surface area contributed by atoms with Gasteiger partial charge in [-0.05, 0) is 54.7 Å². The Hall–Kier alpha value is -3.93. The molecule has 0 saturated heterocycles. The Bertz CT molecular complexity index is 1250. The molecular formula is C26H24N4O2. The fourth-order valence-electron chi connectivity index (χ4n) is 4.03. The number of aryl methyl sites for hydroxylation is 1. The number of nitrogens with one attached hydrogen (secondary N) is 1. The molecule has 6 heteroatoms. The van der Waals surface area contributed by atoms with E-state index in [9.17, 15) is 4.79 Å². The van der Waals surface area contributed by atoms with E-state index in [1.807, 2.05) is 73.7 Å². The van der Waals surface area contributed by atoms with Crippen LogP contribution < -0.4 is 10.1 Å². The van der Waals surface area contributed by atoms with Crippen molar-refractivity contribution in [1.29, 1.82) is 0 Å². The Labute approximate surface area is 186 Å². The molecule has 0 aliphatic heterocycles. The Kier molecular flexibility index (Phi) is 5.19. The SMILES string of the molecule is COc1nc(-c2ccccc2C)n(-c2ccc(NC(=O)[C@@H]3C[C@H]3c3ccccc3)cc2)n1. The summed E-state index contributed by atoms with van der Waals surface area (Å²) >= 11 is 0. The molecule has 1 aromatic heterocycles. The van der Waals surface area contributed by atoms with Gasteiger partial charge in [0.15, 0.2) is 5.82 Å². The van der Waals surface area contributed by atoms with E-state index in [-0.39, 0.29) is 11.8 Å². The second kappa shape index (κ2) is 8.30. The average molecular weight is 425 g/mol. The second-order valence-corrected chi connectivity index (χ2v) is 8.04. The summed E-state index contributed by atoms with van der Waals surface area (Å²) in [5.41, 5.74) is 4.92. The maximum atomic E-state index is 12.7. The van der Waals surface area contributed by atoms with Gasteiger partial charge in [-0.25, -0.2) is 4.68 Å². The molecule has 32 heavy (non-hydrogen) atoms. The van der Waals surface area contributed by atoms with Crippen LogP contribution in [0.25, 0.3) is 17.1 Å². The van der Waals surface area contributed by atoms with Crippen molar-refractivity contribution in [2.45, 2.75) is 19.3 Å². The highest BCUT2D eigenvalue weighted by Crippen LogP contribution is 2.47. The Morgan fingerprint density at radius 1 is 1.00 bits per heavy atom. The van der Waals surface area contributed by atoms with E-state index in [2.05, 4.69) is 27.5 Å². The van der Waals surface area contributed by atoms with Gasteiger partial charge in [0.2, 0.25) is 5.91 Å². The molecule has 1 saturated carbocycles. The lowest BCUT2D eigenvalue weighted by atomic mass is 10.1. The van der Waals surface area contributed by atoms with Crippen LogP contribution in [0.3, 0.4) is 0 Å². The molecule has 4 aromatic rings. The molecule has 0 unspecified atom stereocenters. The fourth-order valence-corrected chi connectivity index (χ4v) is 4.03. The minimum atomic E-state index is 0.0318. The number of nitrogens with zero attached hydrogens (tertiary/aromatic N) is 3. The summed E-state index contributed by atoms with van der Waals surface area (Å²) in [5.74, 6) is 1.12. The topological polar surface area (TPSA) is 69.0 Å². The fraction of sp³-hybridized carbons (Fsp3) is 0.192. The standard InChI is InChI=1S/C26H24N4O2/c1-17-8-6-7-11-21(17)24-28-26(32-2)29-30(24)20-14-12-19(13-15-20)27-25(31)23-16-22(23)18-9-4-3-5-10-18/h3-15,22-23H,16H2,1-2H3,(H,27,31)/t22-,23+/m0/s1. The molecule has 0 spiro atoms. The number of hydrogen-bond donors (Lipinski definition) is 1. The van der Waals surface area contributed by atoms with Crippen LogP contribution in [0.2, 0.25) is 0 Å². The molecule has 1 aliphatic rings. The molecule has 5 rings (SSSR count). The van der Waals surface area contributed by atoms with Crippen LogP contribution in [-0.2, 0) is 4.79 Å². The summed E-state index contributed by atoms with van der Waals surface area (Å²) in [6.07, 6.45) is 0.895. The number of benzene rings is 3. The average Bonchev–Trinajstić information content (AvgIpc) is 3.53. The minimum absolute atomic E-state index is 0.0318. The van der Waals surface area contributed by atoms with Gasteiger partial charge >= 0.3 is 6.01 Å². The van der Waals surface area contributed by atoms with Crippen LogP contribution in [0.5, 0.6) is 6.01 Å². The zero-order valence-electron chi connectivity index (χ0n) is 18.0. The summed E-state index contributed by atoms with van der Waals surface area (Å²) in [6.45, 7) is 2.04. The van der Waals surface area contributed by atoms with E-state index in [4.69, 9.17) is 4.74 Å². The molecule has 1 amide bonds. The zero-order valence-corrected chi connectivity index (χ0v) is 18.0. The third-order valence-electron chi connectivity index (χ3n) is 5.89. The maximum absolute atomic E-state index is 12.7. The molecule has 1 aliphatic carbocycles. The summed E-state index contributed by atoms with van der Waals surface area (Å²) in [6, 6.07) is 26.2. The van der Waals surface area contributed by atoms with Crippen LogP contribution in [-0.4, -0.2) is 27.8 Å². The van der Waals surface area contributed by atoms with Crippen LogP contribution in [0.1, 0.15) is 23.5 Å². The van der Waals surface area contributed by atoms with Gasteiger partial charge in [-0.2, -0.15) is 4.98 Å². The Morgan fingerprint density at radius 2 is 1.72 bits per heavy atom. The van der Waals surface area contributed by atoms with Crippen molar-refractivity contribution in [2.24, 2.45) is 5.92 Å². The molecule has 0 bridgehead atoms. The van der Waals surface area contributed by atoms with Gasteiger partial charge in [0.25, 0.3) is 0 Å². The van der Waals surface area contributed by atoms with E-state index in [1.54, 1.807) is 11.8 Å². The number of anilines is 1. The molecular weight excluding hydrogens is 400 g/mol. The van der Waals surface area contributed by atoms with Crippen molar-refractivity contribution in [3.05, 3.63) is 90.0 Å². The van der Waals surface area contributed by atoms with Gasteiger partial charge < -0.3 is 10.1 Å². The van der Waals surface area contributed by atoms with Crippen molar-refractivity contribution in [3.8, 4) is 23.1 Å². The van der Waals surface area contributed by atoms with Gasteiger partial charge in [0.1, 0.15) is 0 Å². The van der Waals surface area contributed by atoms with Crippen molar-refractivity contribution < 1.29 is 9.53 Å². The summed E-state index contributed by atoms with van der Waals surface area (Å²) in [7, 11) is 1.56. The number of carbonyl (C=O) groups excluding carboxylic acids is 1. The first-order chi connectivity index (χ1) is 15.6. The number of carbonyl (C=O) groups is 1. The summed E-state index contributed by atoms with van der Waals surface area (Å²) < 4.78 is 7.04. The van der Waals surface area contributed by atoms with Gasteiger partial charge in [-0.3, -0.25) is 4.79 Å². The Balaban J connectivity index is 1.34. The number of methoxy groups -OCH3 is 1. The lowest BCUT2D eigenvalue weighted by molar-refractivity contribution is -0.117. The predicted molar refractivity (Wildman–Crippen MR) is 124 cm³/mol. The van der Waals surface area contributed by atoms with E-state index < -0.39 is 0 Å². The van der Waals surface area contributed by atoms with E-state index >= 15 is 0 Å². The van der Waals surface area contributed by atoms with Crippen molar-refractivity contribution in [1.82, 2.24) is 14.8 Å². The molecule has 6 nitrogen and oxygen atoms in total. The zero-order chi connectivity index (χ0) is 22.1. The summed E-state index contributed by atoms with van der Waals surface area (Å²) in [5, 5.41) is 7.53. The van der Waals surface area contributed by atoms with Gasteiger partial charge in [0.05, 0.1) is 12.8 Å². The molecule has 3 aromatic carbocycles. The summed E-state index contributed by atoms with van der Waals surface area (Å²) in [4.78, 5) is 17.2. The van der Waals surface area contributed by atoms with Crippen LogP contribution >= 0.6 is 0 Å². The third kappa shape index (κ3) is 3.87. The first kappa shape index (κ1) is 20.0. The number of rotatable bonds is 6. The lowest BCUT2D eigenvalue weighted by Crippen LogP contribution is -2.14. The van der Waals surface area contributed by atoms with Gasteiger partial charge in [0, 0.05) is 17.2 Å². The van der Waals surface area contributed by atoms with Crippen molar-refractivity contribution in [3.63, 3.8) is 0 Å². The molecule has 2 atom stereocenters. The lowest BCUT2D eigenvalue weighted by Gasteiger charge is -2.09. The first-order valence-corrected chi connectivity index (χ1v) is 10.7. The quantitative estimate of drug-likeness (QED) is 0.473. The van der Waals surface area contributed by atoms with Gasteiger partial charge in [-0.1, -0.05) is 54.6 Å². The second-order valence-electron chi connectivity index (χ2n) is 8.04. The smallest absolute Gasteiger partial charge is 0.336 e. The number of ether oxygens (including phenoxy) is 1. The molecule has 160 valence electrons. The van der Waals surface area contributed by atoms with E-state index in [0.717, 1.165) is 28.9 Å². The van der Waals surface area contributed by atoms with E-state index in [0.29, 0.717) is 17.8 Å². The van der Waals surface area contributed by atoms with Crippen molar-refractivity contribution in [2.75, 3.05) is 12.4 Å². The normalized spacial score (nSPS) is 17.1. The third-order valence-corrected chi connectivity index (χ3v) is 5.89. The number of amides is 1. The predicted octanol–water partition coefficient (Wildman–Crippen LogP) is 4.99. The highest BCUT2D eigenvalue weighted by Gasteiger charge is 2.43. The maximum Gasteiger partial charge on any atom is 0.336 e. The number of hydrogen-bond acceptors (Lipinski definition) is 4. The largest absolute Gasteiger partial charge is 0.466 e. The monoisotopic (exact) mass is 424 g/mol. The van der Waals surface area contributed by atoms with Crippen LogP contribution in [0.4, 0.5) is 5.69 Å². The molecule has 1 N–H and O–H groups in total. The van der Waals surface area contributed by atoms with Crippen LogP contribution in [0.15, 0.2) is 78.9 Å². The van der Waals surface area contributed by atoms with Crippen molar-refractivity contribution >= 4 is 11.6 Å².